The quantitative estimate of drug-likeness (QED) is 0.489. The summed E-state index contributed by atoms with van der Waals surface area (Å²) in [6.45, 7) is 0. The van der Waals surface area contributed by atoms with Crippen molar-refractivity contribution in [1.29, 1.82) is 0 Å². The number of nitrogens with one attached hydrogen (secondary N) is 1. The number of benzene rings is 1. The van der Waals surface area contributed by atoms with Crippen LogP contribution in [0.15, 0.2) is 30.1 Å². The number of quaternary nitrogens is 1. The highest BCUT2D eigenvalue weighted by molar-refractivity contribution is 5.71. The van der Waals surface area contributed by atoms with Crippen molar-refractivity contribution >= 4 is 11.4 Å². The van der Waals surface area contributed by atoms with E-state index in [4.69, 9.17) is 5.11 Å². The van der Waals surface area contributed by atoms with Crippen molar-refractivity contribution in [2.75, 3.05) is 0 Å². The standard InChI is InChI=1S/C8H7NO3/c10-7-5-3-1-2-4-6(5)9(12)8(7)11/h1-4,9-11H. The minimum absolute atomic E-state index is 0.324. The number of aliphatic hydroxyl groups excluding tert-OH is 2. The maximum absolute atomic E-state index is 11.1. The van der Waals surface area contributed by atoms with Crippen LogP contribution in [-0.4, -0.2) is 10.2 Å². The van der Waals surface area contributed by atoms with Gasteiger partial charge in [-0.05, 0) is 6.07 Å². The minimum Gasteiger partial charge on any atom is -0.621 e. The maximum atomic E-state index is 11.1. The first-order valence-electron chi connectivity index (χ1n) is 3.48. The second kappa shape index (κ2) is 2.23. The number of fused-ring (bicyclic) bond motifs is 1. The lowest BCUT2D eigenvalue weighted by molar-refractivity contribution is -0.747. The van der Waals surface area contributed by atoms with Gasteiger partial charge in [-0.25, -0.2) is 0 Å². The summed E-state index contributed by atoms with van der Waals surface area (Å²) in [6.07, 6.45) is 0. The fourth-order valence-electron chi connectivity index (χ4n) is 1.25. The Labute approximate surface area is 68.6 Å². The third-order valence-electron chi connectivity index (χ3n) is 1.87. The Morgan fingerprint density at radius 3 is 2.50 bits per heavy atom. The largest absolute Gasteiger partial charge is 0.621 e. The van der Waals surface area contributed by atoms with Gasteiger partial charge in [0.15, 0.2) is 0 Å². The van der Waals surface area contributed by atoms with Crippen LogP contribution in [0.5, 0.6) is 0 Å². The molecule has 4 heteroatoms. The van der Waals surface area contributed by atoms with Gasteiger partial charge in [0, 0.05) is 6.07 Å². The predicted octanol–water partition coefficient (Wildman–Crippen LogP) is 0.456. The Morgan fingerprint density at radius 1 is 1.17 bits per heavy atom. The molecule has 1 aliphatic rings. The van der Waals surface area contributed by atoms with Crippen LogP contribution in [0.3, 0.4) is 0 Å². The van der Waals surface area contributed by atoms with E-state index in [9.17, 15) is 10.3 Å². The molecule has 0 aromatic heterocycles. The fraction of sp³-hybridized carbons (Fsp3) is 0. The van der Waals surface area contributed by atoms with E-state index in [0.29, 0.717) is 11.3 Å². The molecule has 0 fully saturated rings. The molecule has 0 radical (unpaired) electrons. The molecule has 0 spiro atoms. The Bertz CT molecular complexity index is 359. The van der Waals surface area contributed by atoms with Crippen molar-refractivity contribution in [3.05, 3.63) is 40.9 Å². The van der Waals surface area contributed by atoms with Gasteiger partial charge in [0.2, 0.25) is 5.76 Å². The second-order valence-electron chi connectivity index (χ2n) is 2.57. The molecule has 62 valence electrons. The molecule has 0 saturated carbocycles. The molecular formula is C8H7NO3. The van der Waals surface area contributed by atoms with Gasteiger partial charge in [0.05, 0.1) is 5.56 Å². The van der Waals surface area contributed by atoms with E-state index in [1.807, 2.05) is 0 Å². The molecule has 1 atom stereocenters. The molecule has 1 heterocycles. The van der Waals surface area contributed by atoms with E-state index in [1.165, 1.54) is 0 Å². The Balaban J connectivity index is 2.65. The summed E-state index contributed by atoms with van der Waals surface area (Å²) >= 11 is 0. The maximum Gasteiger partial charge on any atom is 0.336 e. The Morgan fingerprint density at radius 2 is 1.83 bits per heavy atom. The molecule has 3 N–H and O–H groups in total. The summed E-state index contributed by atoms with van der Waals surface area (Å²) in [5.41, 5.74) is 0.757. The first-order chi connectivity index (χ1) is 5.72. The van der Waals surface area contributed by atoms with Crippen LogP contribution in [-0.2, 0) is 0 Å². The summed E-state index contributed by atoms with van der Waals surface area (Å²) in [7, 11) is 0. The fourth-order valence-corrected chi connectivity index (χ4v) is 1.25. The average Bonchev–Trinajstić information content (AvgIpc) is 2.33. The number of hydrogen-bond donors (Lipinski definition) is 3. The van der Waals surface area contributed by atoms with Crippen LogP contribution in [0.4, 0.5) is 5.69 Å². The molecule has 4 nitrogen and oxygen atoms in total. The zero-order valence-electron chi connectivity index (χ0n) is 6.11. The van der Waals surface area contributed by atoms with Crippen LogP contribution in [0, 0.1) is 5.21 Å². The van der Waals surface area contributed by atoms with Crippen molar-refractivity contribution < 1.29 is 15.3 Å². The molecule has 12 heavy (non-hydrogen) atoms. The van der Waals surface area contributed by atoms with Gasteiger partial charge < -0.3 is 15.4 Å². The van der Waals surface area contributed by atoms with Gasteiger partial charge in [-0.3, -0.25) is 5.06 Å². The minimum atomic E-state index is -0.559. The third kappa shape index (κ3) is 0.731. The van der Waals surface area contributed by atoms with Crippen molar-refractivity contribution in [3.63, 3.8) is 0 Å². The highest BCUT2D eigenvalue weighted by atomic mass is 16.5. The summed E-state index contributed by atoms with van der Waals surface area (Å²) in [4.78, 5) is 0. The first-order valence-corrected chi connectivity index (χ1v) is 3.48. The SMILES string of the molecule is [O-][NH+]1C(O)=C(O)c2ccccc21. The van der Waals surface area contributed by atoms with Crippen molar-refractivity contribution in [2.45, 2.75) is 0 Å². The van der Waals surface area contributed by atoms with Gasteiger partial charge in [-0.1, -0.05) is 12.1 Å². The van der Waals surface area contributed by atoms with Crippen molar-refractivity contribution in [2.24, 2.45) is 0 Å². The van der Waals surface area contributed by atoms with Gasteiger partial charge in [0.25, 0.3) is 0 Å². The molecule has 1 unspecified atom stereocenters. The van der Waals surface area contributed by atoms with Crippen LogP contribution >= 0.6 is 0 Å². The van der Waals surface area contributed by atoms with E-state index in [0.717, 1.165) is 0 Å². The summed E-state index contributed by atoms with van der Waals surface area (Å²) in [6, 6.07) is 6.53. The zero-order valence-corrected chi connectivity index (χ0v) is 6.11. The summed E-state index contributed by atoms with van der Waals surface area (Å²) < 4.78 is 0. The molecule has 1 aromatic rings. The highest BCUT2D eigenvalue weighted by Crippen LogP contribution is 2.24. The van der Waals surface area contributed by atoms with Gasteiger partial charge >= 0.3 is 5.88 Å². The van der Waals surface area contributed by atoms with Gasteiger partial charge in [-0.15, -0.1) is 0 Å². The predicted molar refractivity (Wildman–Crippen MR) is 42.6 cm³/mol. The van der Waals surface area contributed by atoms with Gasteiger partial charge in [-0.2, -0.15) is 0 Å². The molecule has 0 aliphatic carbocycles. The Kier molecular flexibility index (Phi) is 1.33. The number of para-hydroxylation sites is 1. The molecule has 0 bridgehead atoms. The van der Waals surface area contributed by atoms with Crippen LogP contribution in [0.2, 0.25) is 0 Å². The van der Waals surface area contributed by atoms with Crippen LogP contribution in [0.1, 0.15) is 5.56 Å². The van der Waals surface area contributed by atoms with Crippen LogP contribution < -0.4 is 5.06 Å². The monoisotopic (exact) mass is 165 g/mol. The van der Waals surface area contributed by atoms with E-state index in [2.05, 4.69) is 0 Å². The first kappa shape index (κ1) is 7.15. The molecule has 0 saturated heterocycles. The summed E-state index contributed by atoms with van der Waals surface area (Å²) in [5, 5.41) is 28.9. The number of hydrogen-bond acceptors (Lipinski definition) is 3. The smallest absolute Gasteiger partial charge is 0.336 e. The van der Waals surface area contributed by atoms with E-state index < -0.39 is 10.9 Å². The third-order valence-corrected chi connectivity index (χ3v) is 1.87. The van der Waals surface area contributed by atoms with E-state index in [-0.39, 0.29) is 5.76 Å². The number of rotatable bonds is 0. The lowest BCUT2D eigenvalue weighted by Crippen LogP contribution is -2.99. The lowest BCUT2D eigenvalue weighted by Gasteiger charge is -2.13. The second-order valence-corrected chi connectivity index (χ2v) is 2.57. The number of aliphatic hydroxyl groups is 2. The lowest BCUT2D eigenvalue weighted by atomic mass is 10.2. The number of hydroxylamine groups is 1. The van der Waals surface area contributed by atoms with Crippen molar-refractivity contribution in [3.8, 4) is 0 Å². The van der Waals surface area contributed by atoms with E-state index in [1.54, 1.807) is 24.3 Å². The highest BCUT2D eigenvalue weighted by Gasteiger charge is 2.28. The molecule has 0 amide bonds. The average molecular weight is 165 g/mol. The van der Waals surface area contributed by atoms with Gasteiger partial charge in [0.1, 0.15) is 5.69 Å². The molecule has 1 aliphatic heterocycles. The topological polar surface area (TPSA) is 68.0 Å². The van der Waals surface area contributed by atoms with Crippen LogP contribution in [0.25, 0.3) is 5.76 Å². The molecule has 1 aromatic carbocycles. The normalized spacial score (nSPS) is 21.2. The summed E-state index contributed by atoms with van der Waals surface area (Å²) in [5.74, 6) is -0.883. The molecular weight excluding hydrogens is 158 g/mol. The molecule has 2 rings (SSSR count). The zero-order chi connectivity index (χ0) is 8.72. The van der Waals surface area contributed by atoms with Crippen molar-refractivity contribution in [1.82, 2.24) is 0 Å². The van der Waals surface area contributed by atoms with E-state index >= 15 is 0 Å². The Hall–Kier alpha value is -1.52.